The van der Waals surface area contributed by atoms with E-state index in [0.717, 1.165) is 18.2 Å². The number of hydrogen-bond acceptors (Lipinski definition) is 4. The fourth-order valence-corrected chi connectivity index (χ4v) is 3.40. The highest BCUT2D eigenvalue weighted by atomic mass is 79.9. The number of halogens is 7. The monoisotopic (exact) mass is 507 g/mol. The molecule has 0 radical (unpaired) electrons. The molecule has 0 aliphatic carbocycles. The highest BCUT2D eigenvalue weighted by molar-refractivity contribution is 9.10. The average molecular weight is 508 g/mol. The lowest BCUT2D eigenvalue weighted by atomic mass is 10.1. The van der Waals surface area contributed by atoms with Gasteiger partial charge in [-0.25, -0.2) is 13.2 Å². The number of hydrogen-bond donors (Lipinski definition) is 2. The van der Waals surface area contributed by atoms with E-state index in [-0.39, 0.29) is 51.0 Å². The van der Waals surface area contributed by atoms with Crippen molar-refractivity contribution >= 4 is 32.5 Å². The van der Waals surface area contributed by atoms with Crippen LogP contribution in [0.15, 0.2) is 34.9 Å². The van der Waals surface area contributed by atoms with Crippen LogP contribution in [0.1, 0.15) is 11.1 Å². The topological polar surface area (TPSA) is 46.2 Å². The Labute approximate surface area is 181 Å². The Kier molecular flexibility index (Phi) is 6.95. The van der Waals surface area contributed by atoms with Gasteiger partial charge >= 0.3 is 6.18 Å². The summed E-state index contributed by atoms with van der Waals surface area (Å²) in [6, 6.07) is 4.60. The zero-order valence-electron chi connectivity index (χ0n) is 16.0. The molecule has 4 nitrogen and oxygen atoms in total. The molecule has 0 fully saturated rings. The minimum Gasteiger partial charge on any atom is -0.494 e. The summed E-state index contributed by atoms with van der Waals surface area (Å²) in [5, 5.41) is 5.27. The van der Waals surface area contributed by atoms with Gasteiger partial charge in [0, 0.05) is 40.1 Å². The van der Waals surface area contributed by atoms with E-state index in [0.29, 0.717) is 0 Å². The van der Waals surface area contributed by atoms with E-state index in [1.54, 1.807) is 0 Å². The quantitative estimate of drug-likeness (QED) is 0.403. The van der Waals surface area contributed by atoms with E-state index >= 15 is 0 Å². The van der Waals surface area contributed by atoms with Crippen molar-refractivity contribution < 1.29 is 31.1 Å². The van der Waals surface area contributed by atoms with Gasteiger partial charge in [-0.15, -0.1) is 0 Å². The number of fused-ring (bicyclic) bond motifs is 1. The normalized spacial score (nSPS) is 11.7. The summed E-state index contributed by atoms with van der Waals surface area (Å²) < 4.78 is 85.5. The van der Waals surface area contributed by atoms with Crippen LogP contribution in [0.3, 0.4) is 0 Å². The van der Waals surface area contributed by atoms with Crippen molar-refractivity contribution in [2.24, 2.45) is 0 Å². The maximum absolute atomic E-state index is 14.3. The van der Waals surface area contributed by atoms with Gasteiger partial charge in [-0.05, 0) is 18.2 Å². The first-order valence-corrected chi connectivity index (χ1v) is 9.68. The van der Waals surface area contributed by atoms with E-state index < -0.39 is 30.2 Å². The third kappa shape index (κ3) is 5.59. The Morgan fingerprint density at radius 1 is 0.968 bits per heavy atom. The maximum atomic E-state index is 14.3. The Morgan fingerprint density at radius 2 is 1.61 bits per heavy atom. The minimum atomic E-state index is -4.49. The highest BCUT2D eigenvalue weighted by Crippen LogP contribution is 2.30. The standard InChI is InChI=1S/C20H16BrF6N3O/c1-31-19-5-17-11(4-16(19)24)12(18(8-29-17)30-9-20(25,26)27)6-28-7-13-14(22)2-10(21)3-15(13)23/h2-5,8,28,30H,6-7,9H2,1H3. The molecule has 3 rings (SSSR count). The van der Waals surface area contributed by atoms with E-state index in [2.05, 4.69) is 31.5 Å². The molecule has 0 amide bonds. The first-order chi connectivity index (χ1) is 14.6. The molecule has 0 spiro atoms. The zero-order chi connectivity index (χ0) is 22.8. The molecule has 2 aromatic carbocycles. The van der Waals surface area contributed by atoms with Crippen molar-refractivity contribution in [1.82, 2.24) is 10.3 Å². The Hall–Kier alpha value is -2.53. The van der Waals surface area contributed by atoms with Crippen LogP contribution in [-0.4, -0.2) is 24.8 Å². The molecule has 11 heteroatoms. The SMILES string of the molecule is COc1cc2ncc(NCC(F)(F)F)c(CNCc3c(F)cc(Br)cc3F)c2cc1F. The minimum absolute atomic E-state index is 0.0126. The number of nitrogens with one attached hydrogen (secondary N) is 2. The second-order valence-electron chi connectivity index (χ2n) is 6.57. The van der Waals surface area contributed by atoms with Crippen molar-refractivity contribution in [2.75, 3.05) is 19.0 Å². The molecular weight excluding hydrogens is 492 g/mol. The molecule has 31 heavy (non-hydrogen) atoms. The molecule has 0 unspecified atom stereocenters. The number of rotatable bonds is 7. The van der Waals surface area contributed by atoms with Gasteiger partial charge in [-0.3, -0.25) is 4.98 Å². The number of alkyl halides is 3. The predicted molar refractivity (Wildman–Crippen MR) is 107 cm³/mol. The average Bonchev–Trinajstić information content (AvgIpc) is 2.67. The lowest BCUT2D eigenvalue weighted by Gasteiger charge is -2.17. The fraction of sp³-hybridized carbons (Fsp3) is 0.250. The molecule has 0 bridgehead atoms. The van der Waals surface area contributed by atoms with Crippen molar-refractivity contribution in [3.63, 3.8) is 0 Å². The third-order valence-electron chi connectivity index (χ3n) is 4.44. The summed E-state index contributed by atoms with van der Waals surface area (Å²) in [5.41, 5.74) is 0.320. The maximum Gasteiger partial charge on any atom is 0.405 e. The van der Waals surface area contributed by atoms with Gasteiger partial charge in [0.1, 0.15) is 18.2 Å². The lowest BCUT2D eigenvalue weighted by molar-refractivity contribution is -0.115. The molecule has 3 aromatic rings. The van der Waals surface area contributed by atoms with Gasteiger partial charge in [0.15, 0.2) is 11.6 Å². The summed E-state index contributed by atoms with van der Waals surface area (Å²) in [6.45, 7) is -1.69. The molecule has 2 N–H and O–H groups in total. The number of benzene rings is 2. The first kappa shape index (κ1) is 23.1. The van der Waals surface area contributed by atoms with Crippen molar-refractivity contribution in [2.45, 2.75) is 19.3 Å². The van der Waals surface area contributed by atoms with Crippen LogP contribution < -0.4 is 15.4 Å². The van der Waals surface area contributed by atoms with Gasteiger partial charge in [-0.1, -0.05) is 15.9 Å². The zero-order valence-corrected chi connectivity index (χ0v) is 17.6. The van der Waals surface area contributed by atoms with E-state index in [1.807, 2.05) is 0 Å². The van der Waals surface area contributed by atoms with Crippen molar-refractivity contribution in [1.29, 1.82) is 0 Å². The Bertz CT molecular complexity index is 1080. The second-order valence-corrected chi connectivity index (χ2v) is 7.49. The smallest absolute Gasteiger partial charge is 0.405 e. The highest BCUT2D eigenvalue weighted by Gasteiger charge is 2.27. The van der Waals surface area contributed by atoms with E-state index in [4.69, 9.17) is 4.74 Å². The largest absolute Gasteiger partial charge is 0.494 e. The molecule has 0 aliphatic rings. The molecular formula is C20H16BrF6N3O. The molecule has 0 saturated carbocycles. The Morgan fingerprint density at radius 3 is 2.23 bits per heavy atom. The second kappa shape index (κ2) is 9.31. The van der Waals surface area contributed by atoms with Crippen LogP contribution in [-0.2, 0) is 13.1 Å². The Balaban J connectivity index is 1.94. The molecule has 0 atom stereocenters. The summed E-state index contributed by atoms with van der Waals surface area (Å²) in [4.78, 5) is 4.07. The van der Waals surface area contributed by atoms with Crippen LogP contribution in [0.2, 0.25) is 0 Å². The van der Waals surface area contributed by atoms with Crippen LogP contribution >= 0.6 is 15.9 Å². The number of nitrogens with zero attached hydrogens (tertiary/aromatic N) is 1. The van der Waals surface area contributed by atoms with E-state index in [9.17, 15) is 26.3 Å². The van der Waals surface area contributed by atoms with Crippen molar-refractivity contribution in [3.8, 4) is 5.75 Å². The summed E-state index contributed by atoms with van der Waals surface area (Å²) in [5.74, 6) is -2.37. The molecule has 1 aromatic heterocycles. The molecule has 0 aliphatic heterocycles. The number of pyridine rings is 1. The lowest BCUT2D eigenvalue weighted by Crippen LogP contribution is -2.23. The fourth-order valence-electron chi connectivity index (χ4n) is 3.00. The first-order valence-electron chi connectivity index (χ1n) is 8.89. The van der Waals surface area contributed by atoms with E-state index in [1.165, 1.54) is 19.4 Å². The van der Waals surface area contributed by atoms with Crippen molar-refractivity contribution in [3.05, 3.63) is 63.5 Å². The molecule has 0 saturated heterocycles. The molecule has 1 heterocycles. The number of aromatic nitrogens is 1. The predicted octanol–water partition coefficient (Wildman–Crippen LogP) is 5.69. The summed E-state index contributed by atoms with van der Waals surface area (Å²) in [7, 11) is 1.27. The van der Waals surface area contributed by atoms with Gasteiger partial charge in [-0.2, -0.15) is 13.2 Å². The van der Waals surface area contributed by atoms with Gasteiger partial charge in [0.05, 0.1) is 24.5 Å². The summed E-state index contributed by atoms with van der Waals surface area (Å²) in [6.07, 6.45) is -3.31. The van der Waals surface area contributed by atoms with Crippen LogP contribution in [0.25, 0.3) is 10.9 Å². The number of methoxy groups -OCH3 is 1. The molecule has 166 valence electrons. The van der Waals surface area contributed by atoms with Gasteiger partial charge in [0.2, 0.25) is 0 Å². The van der Waals surface area contributed by atoms with Crippen LogP contribution in [0.5, 0.6) is 5.75 Å². The van der Waals surface area contributed by atoms with Crippen LogP contribution in [0, 0.1) is 17.5 Å². The summed E-state index contributed by atoms with van der Waals surface area (Å²) >= 11 is 2.99. The third-order valence-corrected chi connectivity index (χ3v) is 4.90. The number of anilines is 1. The van der Waals surface area contributed by atoms with Gasteiger partial charge < -0.3 is 15.4 Å². The van der Waals surface area contributed by atoms with Gasteiger partial charge in [0.25, 0.3) is 0 Å². The van der Waals surface area contributed by atoms with Crippen LogP contribution in [0.4, 0.5) is 32.0 Å². The number of ether oxygens (including phenoxy) is 1.